The largest absolute Gasteiger partial charge is 0.378 e. The van der Waals surface area contributed by atoms with Crippen molar-refractivity contribution in [3.8, 4) is 0 Å². The van der Waals surface area contributed by atoms with Crippen LogP contribution in [0, 0.1) is 0 Å². The Morgan fingerprint density at radius 1 is 0.870 bits per heavy atom. The highest BCUT2D eigenvalue weighted by Gasteiger charge is 2.14. The lowest BCUT2D eigenvalue weighted by atomic mass is 9.99. The van der Waals surface area contributed by atoms with Gasteiger partial charge in [-0.05, 0) is 38.3 Å². The number of benzene rings is 2. The smallest absolute Gasteiger partial charge is 0.0550 e. The Balaban J connectivity index is 1.89. The topological polar surface area (TPSA) is 21.3 Å². The van der Waals surface area contributed by atoms with Crippen LogP contribution < -0.4 is 5.32 Å². The molecule has 0 aliphatic heterocycles. The van der Waals surface area contributed by atoms with Crippen molar-refractivity contribution in [1.82, 2.24) is 5.32 Å². The maximum Gasteiger partial charge on any atom is 0.0550 e. The van der Waals surface area contributed by atoms with Gasteiger partial charge in [0.25, 0.3) is 0 Å². The molecule has 124 valence electrons. The Labute approximate surface area is 140 Å². The number of hydrogen-bond acceptors (Lipinski definition) is 2. The zero-order valence-electron chi connectivity index (χ0n) is 14.5. The fourth-order valence-corrected chi connectivity index (χ4v) is 2.69. The predicted octanol–water partition coefficient (Wildman–Crippen LogP) is 4.42. The van der Waals surface area contributed by atoms with Crippen molar-refractivity contribution in [3.63, 3.8) is 0 Å². The quantitative estimate of drug-likeness (QED) is 0.740. The van der Waals surface area contributed by atoms with Crippen molar-refractivity contribution >= 4 is 0 Å². The van der Waals surface area contributed by atoms with Gasteiger partial charge < -0.3 is 10.1 Å². The zero-order chi connectivity index (χ0) is 16.5. The maximum absolute atomic E-state index is 5.87. The molecule has 2 atom stereocenters. The van der Waals surface area contributed by atoms with Gasteiger partial charge in [-0.15, -0.1) is 0 Å². The van der Waals surface area contributed by atoms with Crippen molar-refractivity contribution < 1.29 is 4.74 Å². The fraction of sp³-hybridized carbons (Fsp3) is 0.429. The van der Waals surface area contributed by atoms with E-state index in [1.807, 2.05) is 0 Å². The second-order valence-electron chi connectivity index (χ2n) is 6.49. The summed E-state index contributed by atoms with van der Waals surface area (Å²) in [5, 5.41) is 3.67. The second-order valence-corrected chi connectivity index (χ2v) is 6.49. The summed E-state index contributed by atoms with van der Waals surface area (Å²) >= 11 is 0. The first-order valence-corrected chi connectivity index (χ1v) is 8.59. The molecule has 0 aliphatic rings. The van der Waals surface area contributed by atoms with Crippen LogP contribution in [-0.2, 0) is 11.2 Å². The third-order valence-corrected chi connectivity index (χ3v) is 4.00. The molecule has 2 unspecified atom stereocenters. The molecule has 2 aromatic carbocycles. The molecule has 1 N–H and O–H groups in total. The van der Waals surface area contributed by atoms with Gasteiger partial charge >= 0.3 is 0 Å². The van der Waals surface area contributed by atoms with Gasteiger partial charge in [0.2, 0.25) is 0 Å². The minimum Gasteiger partial charge on any atom is -0.378 e. The molecule has 2 rings (SSSR count). The predicted molar refractivity (Wildman–Crippen MR) is 97.9 cm³/mol. The molecule has 0 radical (unpaired) electrons. The van der Waals surface area contributed by atoms with E-state index >= 15 is 0 Å². The highest BCUT2D eigenvalue weighted by Crippen LogP contribution is 2.16. The first-order chi connectivity index (χ1) is 11.1. The highest BCUT2D eigenvalue weighted by atomic mass is 16.5. The molecule has 0 spiro atoms. The van der Waals surface area contributed by atoms with Gasteiger partial charge in [0.15, 0.2) is 0 Å². The third kappa shape index (κ3) is 6.55. The van der Waals surface area contributed by atoms with Crippen molar-refractivity contribution in [2.75, 3.05) is 13.2 Å². The summed E-state index contributed by atoms with van der Waals surface area (Å²) in [6.45, 7) is 8.12. The molecule has 0 aromatic heterocycles. The molecule has 0 amide bonds. The first-order valence-electron chi connectivity index (χ1n) is 8.59. The Morgan fingerprint density at radius 2 is 1.48 bits per heavy atom. The van der Waals surface area contributed by atoms with Crippen LogP contribution in [0.25, 0.3) is 0 Å². The van der Waals surface area contributed by atoms with Crippen LogP contribution in [0.2, 0.25) is 0 Å². The average molecular weight is 311 g/mol. The lowest BCUT2D eigenvalue weighted by Gasteiger charge is -2.22. The molecule has 2 aromatic rings. The number of hydrogen-bond donors (Lipinski definition) is 1. The van der Waals surface area contributed by atoms with Crippen LogP contribution in [0.5, 0.6) is 0 Å². The summed E-state index contributed by atoms with van der Waals surface area (Å²) in [5.41, 5.74) is 2.72. The molecule has 2 heteroatoms. The van der Waals surface area contributed by atoms with E-state index in [1.165, 1.54) is 11.1 Å². The summed E-state index contributed by atoms with van der Waals surface area (Å²) in [7, 11) is 0. The molecule has 23 heavy (non-hydrogen) atoms. The van der Waals surface area contributed by atoms with Crippen molar-refractivity contribution in [3.05, 3.63) is 71.8 Å². The normalized spacial score (nSPS) is 13.9. The van der Waals surface area contributed by atoms with Crippen LogP contribution in [0.15, 0.2) is 60.7 Å². The van der Waals surface area contributed by atoms with Crippen LogP contribution in [-0.4, -0.2) is 25.3 Å². The minimum absolute atomic E-state index is 0.267. The summed E-state index contributed by atoms with van der Waals surface area (Å²) < 4.78 is 5.87. The zero-order valence-corrected chi connectivity index (χ0v) is 14.5. The van der Waals surface area contributed by atoms with Gasteiger partial charge in [0.1, 0.15) is 0 Å². The molecule has 2 nitrogen and oxygen atoms in total. The average Bonchev–Trinajstić information content (AvgIpc) is 2.56. The van der Waals surface area contributed by atoms with Gasteiger partial charge in [-0.2, -0.15) is 0 Å². The second kappa shape index (κ2) is 9.49. The summed E-state index contributed by atoms with van der Waals surface area (Å²) in [4.78, 5) is 0. The van der Waals surface area contributed by atoms with Crippen LogP contribution >= 0.6 is 0 Å². The van der Waals surface area contributed by atoms with Crippen molar-refractivity contribution in [1.29, 1.82) is 0 Å². The van der Waals surface area contributed by atoms with Crippen molar-refractivity contribution in [2.24, 2.45) is 0 Å². The van der Waals surface area contributed by atoms with E-state index in [1.54, 1.807) is 0 Å². The molecular weight excluding hydrogens is 282 g/mol. The summed E-state index contributed by atoms with van der Waals surface area (Å²) in [6, 6.07) is 21.8. The Kier molecular flexibility index (Phi) is 7.31. The van der Waals surface area contributed by atoms with E-state index in [0.29, 0.717) is 12.0 Å². The minimum atomic E-state index is 0.267. The van der Waals surface area contributed by atoms with Gasteiger partial charge in [0, 0.05) is 18.5 Å². The molecule has 0 saturated heterocycles. The van der Waals surface area contributed by atoms with Gasteiger partial charge in [-0.3, -0.25) is 0 Å². The monoisotopic (exact) mass is 311 g/mol. The molecule has 0 saturated carbocycles. The Hall–Kier alpha value is -1.64. The van der Waals surface area contributed by atoms with E-state index in [-0.39, 0.29) is 6.10 Å². The van der Waals surface area contributed by atoms with E-state index in [9.17, 15) is 0 Å². The van der Waals surface area contributed by atoms with Gasteiger partial charge in [0.05, 0.1) is 12.7 Å². The van der Waals surface area contributed by atoms with Crippen molar-refractivity contribution in [2.45, 2.75) is 45.3 Å². The Bertz CT molecular complexity index is 538. The number of rotatable bonds is 9. The maximum atomic E-state index is 5.87. The standard InChI is InChI=1S/C21H29NO/c1-17(2)23-16-21(20-12-8-5-9-13-20)15-22-18(3)14-19-10-6-4-7-11-19/h4-13,17-18,21-22H,14-16H2,1-3H3. The molecule has 0 heterocycles. The van der Waals surface area contributed by atoms with E-state index in [2.05, 4.69) is 86.8 Å². The van der Waals surface area contributed by atoms with Crippen LogP contribution in [0.4, 0.5) is 0 Å². The third-order valence-electron chi connectivity index (χ3n) is 4.00. The molecule has 0 bridgehead atoms. The van der Waals surface area contributed by atoms with E-state index in [0.717, 1.165) is 19.6 Å². The summed E-state index contributed by atoms with van der Waals surface area (Å²) in [6.07, 6.45) is 1.32. The molecule has 0 fully saturated rings. The molecule has 0 aliphatic carbocycles. The number of nitrogens with one attached hydrogen (secondary N) is 1. The van der Waals surface area contributed by atoms with E-state index < -0.39 is 0 Å². The molecular formula is C21H29NO. The van der Waals surface area contributed by atoms with Gasteiger partial charge in [-0.1, -0.05) is 60.7 Å². The Morgan fingerprint density at radius 3 is 2.09 bits per heavy atom. The lowest BCUT2D eigenvalue weighted by Crippen LogP contribution is -2.33. The van der Waals surface area contributed by atoms with Crippen LogP contribution in [0.3, 0.4) is 0 Å². The van der Waals surface area contributed by atoms with E-state index in [4.69, 9.17) is 4.74 Å². The SMILES string of the molecule is CC(Cc1ccccc1)NCC(COC(C)C)c1ccccc1. The van der Waals surface area contributed by atoms with Crippen LogP contribution in [0.1, 0.15) is 37.8 Å². The number of ether oxygens (including phenoxy) is 1. The fourth-order valence-electron chi connectivity index (χ4n) is 2.69. The lowest BCUT2D eigenvalue weighted by molar-refractivity contribution is 0.0668. The first kappa shape index (κ1) is 17.7. The van der Waals surface area contributed by atoms with Gasteiger partial charge in [-0.25, -0.2) is 0 Å². The summed E-state index contributed by atoms with van der Waals surface area (Å²) in [5.74, 6) is 0.386. The highest BCUT2D eigenvalue weighted by molar-refractivity contribution is 5.20.